The van der Waals surface area contributed by atoms with Crippen molar-refractivity contribution in [1.29, 1.82) is 0 Å². The van der Waals surface area contributed by atoms with Gasteiger partial charge in [0, 0.05) is 38.2 Å². The highest BCUT2D eigenvalue weighted by molar-refractivity contribution is 5.92. The van der Waals surface area contributed by atoms with Crippen LogP contribution in [0.3, 0.4) is 0 Å². The van der Waals surface area contributed by atoms with Crippen LogP contribution in [0, 0.1) is 6.92 Å². The normalized spacial score (nSPS) is 19.4. The molecule has 0 saturated carbocycles. The summed E-state index contributed by atoms with van der Waals surface area (Å²) in [4.78, 5) is 29.9. The third-order valence-electron chi connectivity index (χ3n) is 6.11. The molecule has 0 radical (unpaired) electrons. The van der Waals surface area contributed by atoms with Crippen molar-refractivity contribution < 1.29 is 9.21 Å². The number of hydrogen-bond acceptors (Lipinski definition) is 5. The van der Waals surface area contributed by atoms with Gasteiger partial charge >= 0.3 is 0 Å². The molecule has 2 aromatic rings. The van der Waals surface area contributed by atoms with Gasteiger partial charge in [0.15, 0.2) is 5.89 Å². The highest BCUT2D eigenvalue weighted by atomic mass is 16.4. The van der Waals surface area contributed by atoms with Crippen LogP contribution in [-0.2, 0) is 18.4 Å². The Hall–Kier alpha value is -2.15. The molecular formula is C20H29N5O2. The highest BCUT2D eigenvalue weighted by Crippen LogP contribution is 2.42. The summed E-state index contributed by atoms with van der Waals surface area (Å²) in [6.45, 7) is 9.61. The largest absolute Gasteiger partial charge is 0.435 e. The van der Waals surface area contributed by atoms with Crippen LogP contribution in [0.1, 0.15) is 66.6 Å². The number of nitrogens with one attached hydrogen (secondary N) is 1. The number of aromatic nitrogens is 3. The number of imidazole rings is 1. The van der Waals surface area contributed by atoms with Gasteiger partial charge in [-0.05, 0) is 32.7 Å². The van der Waals surface area contributed by atoms with E-state index in [9.17, 15) is 4.79 Å². The number of piperidine rings is 1. The van der Waals surface area contributed by atoms with E-state index in [0.29, 0.717) is 36.9 Å². The third kappa shape index (κ3) is 2.98. The number of nitrogens with zero attached hydrogens (tertiary/aromatic N) is 4. The molecule has 2 aliphatic rings. The van der Waals surface area contributed by atoms with E-state index >= 15 is 0 Å². The van der Waals surface area contributed by atoms with Crippen molar-refractivity contribution in [2.75, 3.05) is 26.2 Å². The lowest BCUT2D eigenvalue weighted by Crippen LogP contribution is -2.57. The second-order valence-electron chi connectivity index (χ2n) is 7.67. The van der Waals surface area contributed by atoms with Crippen molar-refractivity contribution in [3.63, 3.8) is 0 Å². The maximum absolute atomic E-state index is 13.0. The van der Waals surface area contributed by atoms with Gasteiger partial charge < -0.3 is 14.3 Å². The van der Waals surface area contributed by atoms with Gasteiger partial charge in [-0.2, -0.15) is 0 Å². The van der Waals surface area contributed by atoms with Crippen LogP contribution in [0.25, 0.3) is 0 Å². The number of likely N-dealkylation sites (tertiary alicyclic amines) is 1. The first-order valence-corrected chi connectivity index (χ1v) is 10.1. The summed E-state index contributed by atoms with van der Waals surface area (Å²) < 4.78 is 5.69. The van der Waals surface area contributed by atoms with Crippen molar-refractivity contribution in [1.82, 2.24) is 24.8 Å². The number of carbonyl (C=O) groups excluding carboxylic acids is 1. The summed E-state index contributed by atoms with van der Waals surface area (Å²) in [6.07, 6.45) is 6.49. The number of H-pyrrole nitrogens is 1. The molecule has 4 rings (SSSR count). The zero-order valence-electron chi connectivity index (χ0n) is 16.5. The van der Waals surface area contributed by atoms with Crippen LogP contribution >= 0.6 is 0 Å². The minimum absolute atomic E-state index is 0.0327. The maximum atomic E-state index is 13.0. The number of oxazole rings is 1. The first-order valence-electron chi connectivity index (χ1n) is 10.1. The monoisotopic (exact) mass is 371 g/mol. The van der Waals surface area contributed by atoms with E-state index in [1.807, 2.05) is 25.1 Å². The van der Waals surface area contributed by atoms with Gasteiger partial charge in [0.05, 0.1) is 23.3 Å². The van der Waals surface area contributed by atoms with E-state index in [1.54, 1.807) is 0 Å². The topological polar surface area (TPSA) is 78.3 Å². The van der Waals surface area contributed by atoms with Crippen molar-refractivity contribution in [2.45, 2.75) is 58.4 Å². The first-order chi connectivity index (χ1) is 13.1. The lowest BCUT2D eigenvalue weighted by molar-refractivity contribution is 0.00605. The molecule has 1 fully saturated rings. The SMILES string of the molecule is CCCN1CCc2[nH]cnc2C12CCN(C(=O)c1oc(CC)nc1C)CC2. The smallest absolute Gasteiger partial charge is 0.291 e. The Morgan fingerprint density at radius 2 is 2.07 bits per heavy atom. The number of rotatable bonds is 4. The first kappa shape index (κ1) is 18.2. The molecule has 7 heteroatoms. The molecule has 27 heavy (non-hydrogen) atoms. The zero-order chi connectivity index (χ0) is 19.0. The summed E-state index contributed by atoms with van der Waals surface area (Å²) in [5.41, 5.74) is 3.10. The quantitative estimate of drug-likeness (QED) is 0.894. The van der Waals surface area contributed by atoms with Crippen molar-refractivity contribution in [3.05, 3.63) is 35.1 Å². The summed E-state index contributed by atoms with van der Waals surface area (Å²) in [7, 11) is 0. The van der Waals surface area contributed by atoms with Gasteiger partial charge in [0.1, 0.15) is 0 Å². The number of hydrogen-bond donors (Lipinski definition) is 1. The molecule has 2 aromatic heterocycles. The second kappa shape index (κ2) is 7.11. The average molecular weight is 371 g/mol. The van der Waals surface area contributed by atoms with Crippen LogP contribution in [0.15, 0.2) is 10.7 Å². The molecule has 1 N–H and O–H groups in total. The summed E-state index contributed by atoms with van der Waals surface area (Å²) in [6, 6.07) is 0. The molecule has 2 aliphatic heterocycles. The van der Waals surface area contributed by atoms with E-state index in [1.165, 1.54) is 11.4 Å². The van der Waals surface area contributed by atoms with Gasteiger partial charge in [-0.15, -0.1) is 0 Å². The van der Waals surface area contributed by atoms with Gasteiger partial charge in [-0.1, -0.05) is 13.8 Å². The van der Waals surface area contributed by atoms with Crippen molar-refractivity contribution in [3.8, 4) is 0 Å². The van der Waals surface area contributed by atoms with E-state index in [2.05, 4.69) is 21.8 Å². The molecule has 146 valence electrons. The number of amides is 1. The molecule has 0 aliphatic carbocycles. The number of aryl methyl sites for hydroxylation is 2. The molecule has 0 unspecified atom stereocenters. The Bertz CT molecular complexity index is 816. The molecule has 7 nitrogen and oxygen atoms in total. The zero-order valence-corrected chi connectivity index (χ0v) is 16.5. The minimum Gasteiger partial charge on any atom is -0.435 e. The van der Waals surface area contributed by atoms with Gasteiger partial charge in [-0.3, -0.25) is 9.69 Å². The fraction of sp³-hybridized carbons (Fsp3) is 0.650. The van der Waals surface area contributed by atoms with Gasteiger partial charge in [0.25, 0.3) is 5.91 Å². The Kier molecular flexibility index (Phi) is 4.80. The summed E-state index contributed by atoms with van der Waals surface area (Å²) in [5, 5.41) is 0. The van der Waals surface area contributed by atoms with E-state index < -0.39 is 0 Å². The maximum Gasteiger partial charge on any atom is 0.291 e. The fourth-order valence-corrected chi connectivity index (χ4v) is 4.70. The van der Waals surface area contributed by atoms with Crippen molar-refractivity contribution in [2.24, 2.45) is 0 Å². The predicted molar refractivity (Wildman–Crippen MR) is 102 cm³/mol. The third-order valence-corrected chi connectivity index (χ3v) is 6.11. The van der Waals surface area contributed by atoms with Gasteiger partial charge in [0.2, 0.25) is 5.76 Å². The molecule has 1 amide bonds. The Labute approximate surface area is 160 Å². The Balaban J connectivity index is 1.55. The molecule has 1 saturated heterocycles. The Morgan fingerprint density at radius 1 is 1.30 bits per heavy atom. The average Bonchev–Trinajstić information content (AvgIpc) is 3.31. The van der Waals surface area contributed by atoms with Crippen LogP contribution in [0.4, 0.5) is 0 Å². The predicted octanol–water partition coefficient (Wildman–Crippen LogP) is 2.67. The summed E-state index contributed by atoms with van der Waals surface area (Å²) in [5.74, 6) is 0.999. The standard InChI is InChI=1S/C20H29N5O2/c1-4-9-25-10-6-15-18(22-13-21-15)20(25)7-11-24(12-8-20)19(26)17-14(3)23-16(5-2)27-17/h13H,4-12H2,1-3H3,(H,21,22). The fourth-order valence-electron chi connectivity index (χ4n) is 4.70. The molecule has 4 heterocycles. The molecular weight excluding hydrogens is 342 g/mol. The lowest BCUT2D eigenvalue weighted by atomic mass is 9.78. The summed E-state index contributed by atoms with van der Waals surface area (Å²) >= 11 is 0. The number of carbonyl (C=O) groups is 1. The molecule has 0 bridgehead atoms. The second-order valence-corrected chi connectivity index (χ2v) is 7.67. The van der Waals surface area contributed by atoms with Gasteiger partial charge in [-0.25, -0.2) is 9.97 Å². The molecule has 1 spiro atoms. The van der Waals surface area contributed by atoms with Crippen LogP contribution < -0.4 is 0 Å². The number of aromatic amines is 1. The van der Waals surface area contributed by atoms with E-state index in [-0.39, 0.29) is 11.4 Å². The van der Waals surface area contributed by atoms with Crippen LogP contribution in [0.5, 0.6) is 0 Å². The van der Waals surface area contributed by atoms with Crippen LogP contribution in [0.2, 0.25) is 0 Å². The highest BCUT2D eigenvalue weighted by Gasteiger charge is 2.47. The number of fused-ring (bicyclic) bond motifs is 2. The minimum atomic E-state index is -0.0502. The Morgan fingerprint density at radius 3 is 2.74 bits per heavy atom. The lowest BCUT2D eigenvalue weighted by Gasteiger charge is -2.50. The molecule has 0 atom stereocenters. The van der Waals surface area contributed by atoms with Crippen LogP contribution in [-0.4, -0.2) is 56.8 Å². The van der Waals surface area contributed by atoms with E-state index in [0.717, 1.165) is 38.8 Å². The molecule has 0 aromatic carbocycles. The van der Waals surface area contributed by atoms with Crippen molar-refractivity contribution >= 4 is 5.91 Å². The van der Waals surface area contributed by atoms with E-state index in [4.69, 9.17) is 9.40 Å².